The summed E-state index contributed by atoms with van der Waals surface area (Å²) < 4.78 is 6.09. The molecule has 219 valence electrons. The summed E-state index contributed by atoms with van der Waals surface area (Å²) in [6, 6.07) is -1.87. The van der Waals surface area contributed by atoms with Crippen LogP contribution in [0.5, 0.6) is 0 Å². The second-order valence-electron chi connectivity index (χ2n) is 11.6. The average molecular weight is 751 g/mol. The molecular formula is C29H55AcN4O4-. The van der Waals surface area contributed by atoms with Gasteiger partial charge in [-0.2, -0.15) is 7.05 Å². The molecule has 9 heteroatoms. The van der Waals surface area contributed by atoms with Gasteiger partial charge in [-0.1, -0.05) is 46.8 Å². The fourth-order valence-corrected chi connectivity index (χ4v) is 4.46. The van der Waals surface area contributed by atoms with Crippen LogP contribution in [0.15, 0.2) is 12.2 Å². The van der Waals surface area contributed by atoms with Crippen LogP contribution < -0.4 is 5.32 Å². The Morgan fingerprint density at radius 1 is 0.974 bits per heavy atom. The summed E-state index contributed by atoms with van der Waals surface area (Å²) in [4.78, 5) is 44.0. The molecule has 8 nitrogen and oxygen atoms in total. The molecule has 0 bridgehead atoms. The van der Waals surface area contributed by atoms with Gasteiger partial charge in [0.25, 0.3) is 0 Å². The van der Waals surface area contributed by atoms with E-state index in [9.17, 15) is 14.4 Å². The maximum Gasteiger partial charge on any atom is 0.329 e. The minimum absolute atomic E-state index is 0. The first kappa shape index (κ1) is 39.7. The molecule has 0 spiro atoms. The number of nitrogens with one attached hydrogen (secondary N) is 1. The number of ether oxygens (including phenoxy) is 1. The van der Waals surface area contributed by atoms with Crippen molar-refractivity contribution in [1.82, 2.24) is 15.1 Å². The molecule has 1 radical (unpaired) electrons. The number of hydrogen-bond donors (Lipinski definition) is 1. The third kappa shape index (κ3) is 12.8. The Labute approximate surface area is 269 Å². The summed E-state index contributed by atoms with van der Waals surface area (Å²) in [5.74, 6) is -0.905. The van der Waals surface area contributed by atoms with Crippen LogP contribution in [0, 0.1) is 61.8 Å². The zero-order valence-electron chi connectivity index (χ0n) is 26.3. The van der Waals surface area contributed by atoms with Crippen LogP contribution in [0.2, 0.25) is 0 Å². The smallest absolute Gasteiger partial charge is 0.329 e. The van der Waals surface area contributed by atoms with Gasteiger partial charge in [-0.25, -0.2) is 4.79 Å². The third-order valence-corrected chi connectivity index (χ3v) is 6.77. The molecule has 1 N–H and O–H groups in total. The molecule has 0 saturated carbocycles. The van der Waals surface area contributed by atoms with E-state index in [0.29, 0.717) is 18.8 Å². The maximum absolute atomic E-state index is 13.7. The Kier molecular flexibility index (Phi) is 20.4. The zero-order chi connectivity index (χ0) is 29.0. The number of likely N-dealkylation sites (N-methyl/N-ethyl adjacent to an activating group) is 3. The fraction of sp³-hybridized carbons (Fsp3) is 0.828. The zero-order valence-corrected chi connectivity index (χ0v) is 31.1. The van der Waals surface area contributed by atoms with E-state index in [1.54, 1.807) is 19.0 Å². The maximum atomic E-state index is 13.7. The van der Waals surface area contributed by atoms with Crippen LogP contribution in [-0.4, -0.2) is 85.0 Å². The number of hydrogen-bond acceptors (Lipinski definition) is 5. The van der Waals surface area contributed by atoms with Crippen molar-refractivity contribution in [2.24, 2.45) is 17.8 Å². The first-order valence-electron chi connectivity index (χ1n) is 13.8. The Morgan fingerprint density at radius 2 is 1.53 bits per heavy atom. The molecule has 0 saturated heterocycles. The van der Waals surface area contributed by atoms with Gasteiger partial charge in [-0.3, -0.25) is 14.5 Å². The second kappa shape index (κ2) is 19.6. The predicted molar refractivity (Wildman–Crippen MR) is 152 cm³/mol. The molecule has 2 amide bonds. The molecule has 38 heavy (non-hydrogen) atoms. The third-order valence-electron chi connectivity index (χ3n) is 6.77. The van der Waals surface area contributed by atoms with Crippen LogP contribution in [0.4, 0.5) is 0 Å². The van der Waals surface area contributed by atoms with Crippen molar-refractivity contribution in [3.63, 3.8) is 0 Å². The first-order valence-corrected chi connectivity index (χ1v) is 13.8. The normalized spacial score (nSPS) is 15.9. The number of carbonyl (C=O) groups is 3. The Hall–Kier alpha value is -0.488. The summed E-state index contributed by atoms with van der Waals surface area (Å²) in [7, 11) is 5.20. The van der Waals surface area contributed by atoms with Gasteiger partial charge in [-0.05, 0) is 78.3 Å². The molecule has 5 unspecified atom stereocenters. The molecule has 0 aliphatic carbocycles. The van der Waals surface area contributed by atoms with Crippen molar-refractivity contribution in [1.29, 1.82) is 0 Å². The van der Waals surface area contributed by atoms with E-state index in [2.05, 4.69) is 43.2 Å². The van der Waals surface area contributed by atoms with Crippen molar-refractivity contribution in [2.75, 3.05) is 21.1 Å². The van der Waals surface area contributed by atoms with Gasteiger partial charge in [0.05, 0.1) is 12.1 Å². The fourth-order valence-electron chi connectivity index (χ4n) is 4.46. The molecule has 0 aliphatic rings. The number of amides is 2. The van der Waals surface area contributed by atoms with Crippen LogP contribution in [0.25, 0.3) is 5.32 Å². The summed E-state index contributed by atoms with van der Waals surface area (Å²) in [6.07, 6.45) is 4.48. The van der Waals surface area contributed by atoms with E-state index in [0.717, 1.165) is 0 Å². The van der Waals surface area contributed by atoms with Gasteiger partial charge >= 0.3 is 5.97 Å². The molecule has 5 atom stereocenters. The summed E-state index contributed by atoms with van der Waals surface area (Å²) in [5.41, 5.74) is 0. The number of nitrogens with zero attached hydrogens (tertiary/aromatic N) is 3. The first-order chi connectivity index (χ1) is 17.1. The van der Waals surface area contributed by atoms with Crippen molar-refractivity contribution in [3.05, 3.63) is 17.5 Å². The SMILES string of the molecule is C/C=C/CC(C)C(OC(=O)C(C(C)C)N(C)C(=O)C(CC(C)C)N(C)C(C)C)C([N-]C)C(=O)NC(C)C.[Ac]. The van der Waals surface area contributed by atoms with E-state index >= 15 is 0 Å². The Morgan fingerprint density at radius 3 is 1.92 bits per heavy atom. The molecule has 0 aromatic carbocycles. The van der Waals surface area contributed by atoms with Gasteiger partial charge < -0.3 is 20.3 Å². The van der Waals surface area contributed by atoms with Gasteiger partial charge in [-0.15, -0.1) is 0 Å². The monoisotopic (exact) mass is 750 g/mol. The number of allylic oxidation sites excluding steroid dienone is 2. The molecule has 0 aromatic heterocycles. The van der Waals surface area contributed by atoms with Crippen LogP contribution >= 0.6 is 0 Å². The van der Waals surface area contributed by atoms with E-state index < -0.39 is 24.2 Å². The predicted octanol–water partition coefficient (Wildman–Crippen LogP) is 4.64. The van der Waals surface area contributed by atoms with Gasteiger partial charge in [0.15, 0.2) is 0 Å². The van der Waals surface area contributed by atoms with Gasteiger partial charge in [0, 0.05) is 63.2 Å². The topological polar surface area (TPSA) is 93.1 Å². The number of esters is 1. The number of carbonyl (C=O) groups excluding carboxylic acids is 3. The second-order valence-corrected chi connectivity index (χ2v) is 11.6. The molecular weight excluding hydrogens is 695 g/mol. The minimum atomic E-state index is -0.846. The van der Waals surface area contributed by atoms with Crippen molar-refractivity contribution < 1.29 is 63.2 Å². The van der Waals surface area contributed by atoms with Crippen molar-refractivity contribution in [2.45, 2.75) is 118 Å². The van der Waals surface area contributed by atoms with E-state index in [-0.39, 0.29) is 85.8 Å². The van der Waals surface area contributed by atoms with E-state index in [1.807, 2.05) is 60.7 Å². The van der Waals surface area contributed by atoms with Crippen molar-refractivity contribution >= 4 is 17.8 Å². The van der Waals surface area contributed by atoms with Crippen LogP contribution in [0.3, 0.4) is 0 Å². The molecule has 0 rings (SSSR count). The minimum Gasteiger partial charge on any atom is -0.651 e. The molecule has 0 aliphatic heterocycles. The summed E-state index contributed by atoms with van der Waals surface area (Å²) in [6.45, 7) is 19.8. The van der Waals surface area contributed by atoms with Crippen molar-refractivity contribution in [3.8, 4) is 0 Å². The quantitative estimate of drug-likeness (QED) is 0.184. The van der Waals surface area contributed by atoms with E-state index in [4.69, 9.17) is 4.74 Å². The van der Waals surface area contributed by atoms with Crippen LogP contribution in [0.1, 0.15) is 82.1 Å². The molecule has 0 heterocycles. The molecule has 0 aromatic rings. The Bertz CT molecular complexity index is 742. The Balaban J connectivity index is 0. The van der Waals surface area contributed by atoms with Gasteiger partial charge in [0.2, 0.25) is 11.8 Å². The number of rotatable bonds is 16. The standard InChI is InChI=1S/C29H55N4O4.Ac/c1-14-15-16-22(10)26(24(30-11)27(34)31-20(6)7)37-29(36)25(19(4)5)33(13)28(35)23(17-18(2)3)32(12)21(8)9;/h14-15,18-26H,16-17H2,1-13H3,(H,31,34);/q-1;/b15-14+;. The summed E-state index contributed by atoms with van der Waals surface area (Å²) in [5, 5.41) is 7.21. The summed E-state index contributed by atoms with van der Waals surface area (Å²) >= 11 is 0. The largest absolute Gasteiger partial charge is 0.651 e. The van der Waals surface area contributed by atoms with E-state index in [1.165, 1.54) is 0 Å². The van der Waals surface area contributed by atoms with Crippen LogP contribution in [-0.2, 0) is 19.1 Å². The average Bonchev–Trinajstić information content (AvgIpc) is 2.78. The van der Waals surface area contributed by atoms with Gasteiger partial charge in [0.1, 0.15) is 6.04 Å². The molecule has 0 fully saturated rings.